The van der Waals surface area contributed by atoms with E-state index in [0.29, 0.717) is 22.9 Å². The Bertz CT molecular complexity index is 958. The maximum atomic E-state index is 12.8. The fourth-order valence-electron chi connectivity index (χ4n) is 2.99. The third-order valence-electron chi connectivity index (χ3n) is 4.30. The molecule has 7 nitrogen and oxygen atoms in total. The van der Waals surface area contributed by atoms with E-state index in [-0.39, 0.29) is 18.9 Å². The van der Waals surface area contributed by atoms with Gasteiger partial charge in [0.2, 0.25) is 10.0 Å². The molecule has 1 aliphatic rings. The molecule has 0 saturated carbocycles. The summed E-state index contributed by atoms with van der Waals surface area (Å²) in [5.41, 5.74) is 1.95. The number of hydrogen-bond acceptors (Lipinski definition) is 5. The van der Waals surface area contributed by atoms with E-state index in [0.717, 1.165) is 11.8 Å². The van der Waals surface area contributed by atoms with Crippen molar-refractivity contribution in [2.24, 2.45) is 0 Å². The summed E-state index contributed by atoms with van der Waals surface area (Å²) in [5.74, 6) is 0.543. The van der Waals surface area contributed by atoms with Gasteiger partial charge in [-0.3, -0.25) is 9.10 Å². The van der Waals surface area contributed by atoms with Crippen LogP contribution in [0.1, 0.15) is 12.0 Å². The standard InChI is InChI=1S/C19H22N2O5S/c1-13-8-9-16(25-2)14(12-13)20-19(22)18-10-11-21(27(3,23)24)15-6-4-5-7-17(15)26-18/h4-9,12,18H,10-11H2,1-3H3,(H,20,22)/t18-/m0/s1. The Morgan fingerprint density at radius 2 is 2.00 bits per heavy atom. The van der Waals surface area contributed by atoms with Crippen LogP contribution in [0.2, 0.25) is 0 Å². The largest absolute Gasteiger partial charge is 0.495 e. The number of fused-ring (bicyclic) bond motifs is 1. The van der Waals surface area contributed by atoms with Gasteiger partial charge in [0.05, 0.1) is 24.7 Å². The zero-order valence-electron chi connectivity index (χ0n) is 15.4. The molecule has 0 fully saturated rings. The summed E-state index contributed by atoms with van der Waals surface area (Å²) < 4.78 is 36.7. The number of para-hydroxylation sites is 2. The van der Waals surface area contributed by atoms with Crippen LogP contribution in [-0.2, 0) is 14.8 Å². The summed E-state index contributed by atoms with van der Waals surface area (Å²) in [4.78, 5) is 12.8. The molecular formula is C19H22N2O5S. The number of nitrogens with zero attached hydrogens (tertiary/aromatic N) is 1. The molecule has 1 amide bonds. The number of nitrogens with one attached hydrogen (secondary N) is 1. The molecule has 3 rings (SSSR count). The number of methoxy groups -OCH3 is 1. The molecule has 2 aromatic rings. The molecule has 0 spiro atoms. The van der Waals surface area contributed by atoms with Gasteiger partial charge >= 0.3 is 0 Å². The van der Waals surface area contributed by atoms with E-state index >= 15 is 0 Å². The molecule has 0 unspecified atom stereocenters. The highest BCUT2D eigenvalue weighted by atomic mass is 32.2. The lowest BCUT2D eigenvalue weighted by molar-refractivity contribution is -0.122. The average Bonchev–Trinajstić information content (AvgIpc) is 2.81. The number of carbonyl (C=O) groups excluding carboxylic acids is 1. The fourth-order valence-corrected chi connectivity index (χ4v) is 3.94. The Morgan fingerprint density at radius 1 is 1.26 bits per heavy atom. The van der Waals surface area contributed by atoms with Crippen molar-refractivity contribution in [1.82, 2.24) is 0 Å². The van der Waals surface area contributed by atoms with Gasteiger partial charge in [0.25, 0.3) is 5.91 Å². The van der Waals surface area contributed by atoms with Crippen molar-refractivity contribution in [3.05, 3.63) is 48.0 Å². The molecule has 1 aliphatic heterocycles. The van der Waals surface area contributed by atoms with Crippen molar-refractivity contribution >= 4 is 27.3 Å². The molecule has 0 aromatic heterocycles. The molecule has 1 N–H and O–H groups in total. The van der Waals surface area contributed by atoms with Crippen LogP contribution in [0.5, 0.6) is 11.5 Å². The van der Waals surface area contributed by atoms with Crippen molar-refractivity contribution < 1.29 is 22.7 Å². The molecule has 1 heterocycles. The van der Waals surface area contributed by atoms with Gasteiger partial charge in [0.1, 0.15) is 11.5 Å². The molecule has 0 radical (unpaired) electrons. The first-order chi connectivity index (χ1) is 12.8. The second-order valence-corrected chi connectivity index (χ2v) is 8.30. The lowest BCUT2D eigenvalue weighted by atomic mass is 10.2. The van der Waals surface area contributed by atoms with Crippen molar-refractivity contribution in [2.45, 2.75) is 19.4 Å². The van der Waals surface area contributed by atoms with Gasteiger partial charge < -0.3 is 14.8 Å². The summed E-state index contributed by atoms with van der Waals surface area (Å²) in [6.07, 6.45) is 0.534. The highest BCUT2D eigenvalue weighted by Gasteiger charge is 2.31. The predicted octanol–water partition coefficient (Wildman–Crippen LogP) is 2.56. The number of hydrogen-bond donors (Lipinski definition) is 1. The number of aryl methyl sites for hydroxylation is 1. The molecule has 8 heteroatoms. The normalized spacial score (nSPS) is 16.7. The quantitative estimate of drug-likeness (QED) is 0.867. The van der Waals surface area contributed by atoms with Crippen LogP contribution in [0.25, 0.3) is 0 Å². The smallest absolute Gasteiger partial charge is 0.265 e. The monoisotopic (exact) mass is 390 g/mol. The van der Waals surface area contributed by atoms with E-state index in [1.807, 2.05) is 19.1 Å². The lowest BCUT2D eigenvalue weighted by Crippen LogP contribution is -2.36. The third kappa shape index (κ3) is 4.16. The van der Waals surface area contributed by atoms with Crippen LogP contribution in [0, 0.1) is 6.92 Å². The van der Waals surface area contributed by atoms with Gasteiger partial charge in [-0.05, 0) is 36.8 Å². The van der Waals surface area contributed by atoms with Gasteiger partial charge in [-0.15, -0.1) is 0 Å². The van der Waals surface area contributed by atoms with E-state index in [9.17, 15) is 13.2 Å². The van der Waals surface area contributed by atoms with Crippen LogP contribution in [0.15, 0.2) is 42.5 Å². The SMILES string of the molecule is COc1ccc(C)cc1NC(=O)[C@@H]1CCN(S(C)(=O)=O)c2ccccc2O1. The number of benzene rings is 2. The van der Waals surface area contributed by atoms with Crippen LogP contribution in [0.4, 0.5) is 11.4 Å². The minimum absolute atomic E-state index is 0.152. The molecule has 2 aromatic carbocycles. The Kier molecular flexibility index (Phi) is 5.27. The summed E-state index contributed by atoms with van der Waals surface area (Å²) in [6.45, 7) is 2.07. The Morgan fingerprint density at radius 3 is 2.70 bits per heavy atom. The van der Waals surface area contributed by atoms with E-state index in [1.54, 1.807) is 30.3 Å². The van der Waals surface area contributed by atoms with Crippen molar-refractivity contribution in [2.75, 3.05) is 29.5 Å². The molecule has 144 valence electrons. The van der Waals surface area contributed by atoms with Crippen LogP contribution >= 0.6 is 0 Å². The zero-order chi connectivity index (χ0) is 19.6. The van der Waals surface area contributed by atoms with Gasteiger partial charge in [-0.25, -0.2) is 8.42 Å². The second kappa shape index (κ2) is 7.48. The Hall–Kier alpha value is -2.74. The first-order valence-corrected chi connectivity index (χ1v) is 10.3. The van der Waals surface area contributed by atoms with Crippen LogP contribution in [-0.4, -0.2) is 40.3 Å². The minimum Gasteiger partial charge on any atom is -0.495 e. The zero-order valence-corrected chi connectivity index (χ0v) is 16.2. The minimum atomic E-state index is -3.49. The van der Waals surface area contributed by atoms with E-state index in [1.165, 1.54) is 11.4 Å². The van der Waals surface area contributed by atoms with Gasteiger partial charge in [-0.1, -0.05) is 18.2 Å². The lowest BCUT2D eigenvalue weighted by Gasteiger charge is -2.20. The fraction of sp³-hybridized carbons (Fsp3) is 0.316. The molecular weight excluding hydrogens is 368 g/mol. The van der Waals surface area contributed by atoms with Gasteiger partial charge in [0.15, 0.2) is 6.10 Å². The molecule has 0 aliphatic carbocycles. The van der Waals surface area contributed by atoms with E-state index in [2.05, 4.69) is 5.32 Å². The number of rotatable bonds is 4. The summed E-state index contributed by atoms with van der Waals surface area (Å²) >= 11 is 0. The number of anilines is 2. The number of amides is 1. The van der Waals surface area contributed by atoms with Crippen molar-refractivity contribution in [1.29, 1.82) is 0 Å². The third-order valence-corrected chi connectivity index (χ3v) is 5.48. The van der Waals surface area contributed by atoms with Crippen LogP contribution < -0.4 is 19.1 Å². The highest BCUT2D eigenvalue weighted by Crippen LogP contribution is 2.34. The number of sulfonamides is 1. The van der Waals surface area contributed by atoms with Crippen molar-refractivity contribution in [3.63, 3.8) is 0 Å². The molecule has 1 atom stereocenters. The molecule has 0 saturated heterocycles. The maximum Gasteiger partial charge on any atom is 0.265 e. The van der Waals surface area contributed by atoms with Gasteiger partial charge in [0, 0.05) is 13.0 Å². The van der Waals surface area contributed by atoms with Crippen molar-refractivity contribution in [3.8, 4) is 11.5 Å². The topological polar surface area (TPSA) is 84.9 Å². The van der Waals surface area contributed by atoms with E-state index < -0.39 is 16.1 Å². The molecule has 27 heavy (non-hydrogen) atoms. The molecule has 0 bridgehead atoms. The Labute approximate surface area is 158 Å². The average molecular weight is 390 g/mol. The first kappa shape index (κ1) is 19.0. The van der Waals surface area contributed by atoms with Gasteiger partial charge in [-0.2, -0.15) is 0 Å². The summed E-state index contributed by atoms with van der Waals surface area (Å²) in [7, 11) is -1.95. The first-order valence-electron chi connectivity index (χ1n) is 8.48. The number of carbonyl (C=O) groups is 1. The highest BCUT2D eigenvalue weighted by molar-refractivity contribution is 7.92. The summed E-state index contributed by atoms with van der Waals surface area (Å²) in [6, 6.07) is 12.3. The number of ether oxygens (including phenoxy) is 2. The van der Waals surface area contributed by atoms with E-state index in [4.69, 9.17) is 9.47 Å². The maximum absolute atomic E-state index is 12.8. The summed E-state index contributed by atoms with van der Waals surface area (Å²) in [5, 5.41) is 2.83. The second-order valence-electron chi connectivity index (χ2n) is 6.39. The van der Waals surface area contributed by atoms with Crippen LogP contribution in [0.3, 0.4) is 0 Å². The predicted molar refractivity (Wildman–Crippen MR) is 104 cm³/mol. The Balaban J connectivity index is 1.87.